The lowest BCUT2D eigenvalue weighted by Crippen LogP contribution is -2.28. The molecule has 0 aliphatic carbocycles. The van der Waals surface area contributed by atoms with Gasteiger partial charge < -0.3 is 4.52 Å². The maximum atomic E-state index is 12.8. The number of hydrogen-bond acceptors (Lipinski definition) is 8. The smallest absolute Gasteiger partial charge is 0.278 e. The van der Waals surface area contributed by atoms with E-state index in [1.165, 1.54) is 16.7 Å². The van der Waals surface area contributed by atoms with Gasteiger partial charge in [0, 0.05) is 44.1 Å². The summed E-state index contributed by atoms with van der Waals surface area (Å²) < 4.78 is 33.8. The molecule has 3 aromatic heterocycles. The summed E-state index contributed by atoms with van der Waals surface area (Å²) in [5.41, 5.74) is 0.487. The van der Waals surface area contributed by atoms with Gasteiger partial charge in [0.25, 0.3) is 5.89 Å². The summed E-state index contributed by atoms with van der Waals surface area (Å²) in [6.07, 6.45) is 8.19. The molecule has 136 valence electrons. The van der Waals surface area contributed by atoms with Crippen molar-refractivity contribution in [3.05, 3.63) is 36.8 Å². The van der Waals surface area contributed by atoms with Crippen LogP contribution in [0.25, 0.3) is 11.6 Å². The predicted molar refractivity (Wildman–Crippen MR) is 89.3 cm³/mol. The van der Waals surface area contributed by atoms with E-state index in [1.807, 2.05) is 6.92 Å². The molecule has 0 saturated carbocycles. The summed E-state index contributed by atoms with van der Waals surface area (Å²) in [7, 11) is -3.57. The second kappa shape index (κ2) is 6.57. The number of rotatable bonds is 5. The topological polar surface area (TPSA) is 120 Å². The lowest BCUT2D eigenvalue weighted by Gasteiger charge is -2.14. The highest BCUT2D eigenvalue weighted by Crippen LogP contribution is 2.30. The zero-order valence-corrected chi connectivity index (χ0v) is 14.9. The molecule has 4 rings (SSSR count). The molecule has 0 bridgehead atoms. The van der Waals surface area contributed by atoms with Gasteiger partial charge >= 0.3 is 0 Å². The normalized spacial score (nSPS) is 18.4. The summed E-state index contributed by atoms with van der Waals surface area (Å²) in [6.45, 7) is 3.23. The summed E-state index contributed by atoms with van der Waals surface area (Å²) in [5, 5.41) is 8.03. The van der Waals surface area contributed by atoms with Crippen molar-refractivity contribution in [3.63, 3.8) is 0 Å². The monoisotopic (exact) mass is 375 g/mol. The highest BCUT2D eigenvalue weighted by atomic mass is 32.2. The van der Waals surface area contributed by atoms with E-state index in [2.05, 4.69) is 25.2 Å². The van der Waals surface area contributed by atoms with Crippen molar-refractivity contribution in [1.82, 2.24) is 34.2 Å². The first kappa shape index (κ1) is 16.8. The summed E-state index contributed by atoms with van der Waals surface area (Å²) in [6, 6.07) is 0. The van der Waals surface area contributed by atoms with Crippen LogP contribution in [0.15, 0.2) is 40.4 Å². The molecule has 0 aromatic carbocycles. The van der Waals surface area contributed by atoms with Crippen molar-refractivity contribution in [2.45, 2.75) is 30.7 Å². The highest BCUT2D eigenvalue weighted by Gasteiger charge is 2.36. The van der Waals surface area contributed by atoms with Crippen LogP contribution in [0.1, 0.15) is 25.1 Å². The molecule has 1 atom stereocenters. The first-order chi connectivity index (χ1) is 12.6. The molecule has 3 aromatic rings. The molecule has 0 radical (unpaired) electrons. The molecule has 0 N–H and O–H groups in total. The number of aromatic nitrogens is 6. The Labute approximate surface area is 149 Å². The number of nitrogens with zero attached hydrogens (tertiary/aromatic N) is 7. The van der Waals surface area contributed by atoms with Crippen LogP contribution < -0.4 is 0 Å². The Morgan fingerprint density at radius 3 is 2.92 bits per heavy atom. The minimum absolute atomic E-state index is 0.125. The van der Waals surface area contributed by atoms with Crippen molar-refractivity contribution in [2.75, 3.05) is 13.1 Å². The Hall–Kier alpha value is -2.66. The third-order valence-electron chi connectivity index (χ3n) is 4.31. The molecule has 1 aliphatic rings. The van der Waals surface area contributed by atoms with E-state index in [4.69, 9.17) is 4.52 Å². The van der Waals surface area contributed by atoms with Crippen molar-refractivity contribution >= 4 is 10.0 Å². The molecule has 1 fully saturated rings. The van der Waals surface area contributed by atoms with Gasteiger partial charge in [-0.3, -0.25) is 9.67 Å². The largest absolute Gasteiger partial charge is 0.332 e. The van der Waals surface area contributed by atoms with E-state index in [0.717, 1.165) is 0 Å². The molecule has 4 heterocycles. The van der Waals surface area contributed by atoms with Gasteiger partial charge in [0.2, 0.25) is 10.0 Å². The standard InChI is InChI=1S/C15H17N7O3S/c1-2-21-10-12(7-18-21)26(23,24)22-6-3-11(9-22)14-19-15(25-20-14)13-8-16-4-5-17-13/h4-5,7-8,10-11H,2-3,6,9H2,1H3/t11-/m0/s1. The molecular weight excluding hydrogens is 358 g/mol. The summed E-state index contributed by atoms with van der Waals surface area (Å²) in [4.78, 5) is 12.6. The molecule has 1 aliphatic heterocycles. The second-order valence-corrected chi connectivity index (χ2v) is 7.87. The van der Waals surface area contributed by atoms with Crippen molar-refractivity contribution in [1.29, 1.82) is 0 Å². The number of sulfonamides is 1. The van der Waals surface area contributed by atoms with E-state index in [9.17, 15) is 8.42 Å². The second-order valence-electron chi connectivity index (χ2n) is 5.93. The van der Waals surface area contributed by atoms with Crippen LogP contribution in [0.2, 0.25) is 0 Å². The Morgan fingerprint density at radius 2 is 2.19 bits per heavy atom. The van der Waals surface area contributed by atoms with Gasteiger partial charge in [0.05, 0.1) is 12.4 Å². The molecular formula is C15H17N7O3S. The van der Waals surface area contributed by atoms with Gasteiger partial charge in [-0.25, -0.2) is 13.4 Å². The fourth-order valence-electron chi connectivity index (χ4n) is 2.87. The van der Waals surface area contributed by atoms with Gasteiger partial charge in [-0.1, -0.05) is 5.16 Å². The van der Waals surface area contributed by atoms with Gasteiger partial charge in [0.15, 0.2) is 5.82 Å². The fourth-order valence-corrected chi connectivity index (χ4v) is 4.33. The Morgan fingerprint density at radius 1 is 1.31 bits per heavy atom. The van der Waals surface area contributed by atoms with Gasteiger partial charge in [-0.15, -0.1) is 0 Å². The minimum Gasteiger partial charge on any atom is -0.332 e. The lowest BCUT2D eigenvalue weighted by atomic mass is 10.1. The average molecular weight is 375 g/mol. The average Bonchev–Trinajstić information content (AvgIpc) is 3.42. The summed E-state index contributed by atoms with van der Waals surface area (Å²) >= 11 is 0. The molecule has 10 nitrogen and oxygen atoms in total. The van der Waals surface area contributed by atoms with Crippen LogP contribution in [0.3, 0.4) is 0 Å². The van der Waals surface area contributed by atoms with Crippen LogP contribution in [0.4, 0.5) is 0 Å². The van der Waals surface area contributed by atoms with Crippen molar-refractivity contribution < 1.29 is 12.9 Å². The van der Waals surface area contributed by atoms with Crippen LogP contribution in [0.5, 0.6) is 0 Å². The molecule has 0 spiro atoms. The van der Waals surface area contributed by atoms with Crippen LogP contribution >= 0.6 is 0 Å². The number of aryl methyl sites for hydroxylation is 1. The zero-order valence-electron chi connectivity index (χ0n) is 14.1. The maximum absolute atomic E-state index is 12.8. The predicted octanol–water partition coefficient (Wildman–Crippen LogP) is 0.921. The van der Waals surface area contributed by atoms with Gasteiger partial charge in [0.1, 0.15) is 10.6 Å². The molecule has 0 unspecified atom stereocenters. The fraction of sp³-hybridized carbons (Fsp3) is 0.400. The minimum atomic E-state index is -3.57. The van der Waals surface area contributed by atoms with Gasteiger partial charge in [-0.2, -0.15) is 14.4 Å². The Kier molecular flexibility index (Phi) is 4.24. The van der Waals surface area contributed by atoms with Crippen molar-refractivity contribution in [2.24, 2.45) is 0 Å². The number of hydrogen-bond donors (Lipinski definition) is 0. The Bertz CT molecular complexity index is 999. The van der Waals surface area contributed by atoms with Crippen LogP contribution in [-0.2, 0) is 16.6 Å². The molecule has 0 amide bonds. The Balaban J connectivity index is 1.51. The lowest BCUT2D eigenvalue weighted by molar-refractivity contribution is 0.413. The zero-order chi connectivity index (χ0) is 18.1. The van der Waals surface area contributed by atoms with E-state index in [1.54, 1.807) is 23.3 Å². The van der Waals surface area contributed by atoms with E-state index < -0.39 is 10.0 Å². The first-order valence-electron chi connectivity index (χ1n) is 8.20. The summed E-state index contributed by atoms with van der Waals surface area (Å²) in [5.74, 6) is 0.631. The van der Waals surface area contributed by atoms with Crippen LogP contribution in [-0.4, -0.2) is 55.7 Å². The maximum Gasteiger partial charge on any atom is 0.278 e. The van der Waals surface area contributed by atoms with E-state index in [-0.39, 0.29) is 16.7 Å². The SMILES string of the molecule is CCn1cc(S(=O)(=O)N2CC[C@H](c3noc(-c4cnccn4)n3)C2)cn1. The quantitative estimate of drug-likeness (QED) is 0.645. The first-order valence-corrected chi connectivity index (χ1v) is 9.64. The van der Waals surface area contributed by atoms with Crippen LogP contribution in [0, 0.1) is 0 Å². The van der Waals surface area contributed by atoms with Crippen molar-refractivity contribution in [3.8, 4) is 11.6 Å². The van der Waals surface area contributed by atoms with E-state index >= 15 is 0 Å². The third kappa shape index (κ3) is 2.99. The van der Waals surface area contributed by atoms with E-state index in [0.29, 0.717) is 37.6 Å². The molecule has 11 heteroatoms. The van der Waals surface area contributed by atoms with Gasteiger partial charge in [-0.05, 0) is 13.3 Å². The third-order valence-corrected chi connectivity index (χ3v) is 6.13. The highest BCUT2D eigenvalue weighted by molar-refractivity contribution is 7.89. The molecule has 26 heavy (non-hydrogen) atoms. The molecule has 1 saturated heterocycles.